The van der Waals surface area contributed by atoms with Crippen LogP contribution in [0.5, 0.6) is 0 Å². The first-order valence-corrected chi connectivity index (χ1v) is 7.98. The average molecular weight is 330 g/mol. The summed E-state index contributed by atoms with van der Waals surface area (Å²) in [6, 6.07) is 5.17. The van der Waals surface area contributed by atoms with Gasteiger partial charge in [-0.1, -0.05) is 19.9 Å². The van der Waals surface area contributed by atoms with Crippen molar-refractivity contribution in [2.24, 2.45) is 11.1 Å². The van der Waals surface area contributed by atoms with Crippen LogP contribution in [-0.2, 0) is 16.1 Å². The van der Waals surface area contributed by atoms with Crippen LogP contribution in [0, 0.1) is 5.41 Å². The van der Waals surface area contributed by atoms with Crippen LogP contribution >= 0.6 is 0 Å². The Labute approximate surface area is 140 Å². The summed E-state index contributed by atoms with van der Waals surface area (Å²) in [5.74, 6) is -1.04. The molecule has 0 saturated carbocycles. The minimum Gasteiger partial charge on any atom is -0.398 e. The number of piperidine rings is 1. The van der Waals surface area contributed by atoms with Gasteiger partial charge >= 0.3 is 0 Å². The first-order valence-electron chi connectivity index (χ1n) is 7.98. The van der Waals surface area contributed by atoms with Crippen molar-refractivity contribution >= 4 is 23.4 Å². The van der Waals surface area contributed by atoms with E-state index >= 15 is 0 Å². The van der Waals surface area contributed by atoms with E-state index in [-0.39, 0.29) is 37.7 Å². The van der Waals surface area contributed by atoms with Gasteiger partial charge in [-0.3, -0.25) is 19.7 Å². The van der Waals surface area contributed by atoms with Gasteiger partial charge in [-0.15, -0.1) is 0 Å². The van der Waals surface area contributed by atoms with Gasteiger partial charge in [0.1, 0.15) is 5.54 Å². The Hall–Kier alpha value is -2.41. The van der Waals surface area contributed by atoms with Gasteiger partial charge < -0.3 is 16.4 Å². The van der Waals surface area contributed by atoms with Gasteiger partial charge in [0.05, 0.1) is 0 Å². The predicted octanol–water partition coefficient (Wildman–Crippen LogP) is 0.385. The van der Waals surface area contributed by atoms with Crippen molar-refractivity contribution in [3.8, 4) is 0 Å². The van der Waals surface area contributed by atoms with Crippen molar-refractivity contribution in [2.45, 2.75) is 38.8 Å². The molecule has 0 bridgehead atoms. The molecule has 128 valence electrons. The molecule has 1 fully saturated rings. The second kappa shape index (κ2) is 5.31. The first kappa shape index (κ1) is 16.4. The van der Waals surface area contributed by atoms with E-state index in [9.17, 15) is 14.4 Å². The van der Waals surface area contributed by atoms with Gasteiger partial charge in [0.25, 0.3) is 11.8 Å². The van der Waals surface area contributed by atoms with E-state index in [4.69, 9.17) is 11.5 Å². The number of imide groups is 1. The molecule has 7 heteroatoms. The summed E-state index contributed by atoms with van der Waals surface area (Å²) in [6.07, 6.45) is 0.423. The molecule has 1 aromatic carbocycles. The van der Waals surface area contributed by atoms with Crippen LogP contribution in [0.4, 0.5) is 5.69 Å². The zero-order valence-corrected chi connectivity index (χ0v) is 13.9. The van der Waals surface area contributed by atoms with Crippen molar-refractivity contribution in [3.05, 3.63) is 29.3 Å². The molecule has 2 aliphatic rings. The second-order valence-corrected chi connectivity index (χ2v) is 7.09. The fourth-order valence-electron chi connectivity index (χ4n) is 3.80. The molecule has 1 aromatic rings. The van der Waals surface area contributed by atoms with Gasteiger partial charge in [-0.05, 0) is 18.6 Å². The van der Waals surface area contributed by atoms with E-state index in [1.165, 1.54) is 0 Å². The molecular weight excluding hydrogens is 308 g/mol. The maximum Gasteiger partial charge on any atom is 0.255 e. The number of carbonyl (C=O) groups excluding carboxylic acids is 3. The molecule has 3 rings (SSSR count). The van der Waals surface area contributed by atoms with Crippen LogP contribution in [0.15, 0.2) is 18.2 Å². The Kier molecular flexibility index (Phi) is 3.64. The molecule has 7 nitrogen and oxygen atoms in total. The first-order chi connectivity index (χ1) is 11.2. The summed E-state index contributed by atoms with van der Waals surface area (Å²) in [5, 5.41) is 2.39. The number of benzene rings is 1. The Morgan fingerprint density at radius 3 is 2.58 bits per heavy atom. The lowest BCUT2D eigenvalue weighted by Crippen LogP contribution is -2.70. The van der Waals surface area contributed by atoms with Crippen molar-refractivity contribution in [2.75, 3.05) is 12.3 Å². The molecule has 5 N–H and O–H groups in total. The van der Waals surface area contributed by atoms with Crippen molar-refractivity contribution < 1.29 is 14.4 Å². The number of carbonyl (C=O) groups is 3. The number of nitrogens with zero attached hydrogens (tertiary/aromatic N) is 1. The summed E-state index contributed by atoms with van der Waals surface area (Å²) in [7, 11) is 0. The molecule has 0 aliphatic carbocycles. The number of hydrogen-bond donors (Lipinski definition) is 3. The fraction of sp³-hybridized carbons (Fsp3) is 0.471. The lowest BCUT2D eigenvalue weighted by Gasteiger charge is -2.51. The number of nitrogen functional groups attached to an aromatic ring is 1. The second-order valence-electron chi connectivity index (χ2n) is 7.09. The third kappa shape index (κ3) is 2.04. The van der Waals surface area contributed by atoms with Crippen LogP contribution in [-0.4, -0.2) is 34.7 Å². The Balaban J connectivity index is 2.12. The Morgan fingerprint density at radius 1 is 1.29 bits per heavy atom. The molecule has 0 radical (unpaired) electrons. The lowest BCUT2D eigenvalue weighted by atomic mass is 9.66. The number of fused-ring (bicyclic) bond motifs is 1. The normalized spacial score (nSPS) is 24.1. The standard InChI is InChI=1S/C17H22N4O3/c1-16(2,9-18)17(7-6-13(22)20-15(17)24)21-8-11-10(14(21)23)4-3-5-12(11)19/h3-5H,6-9,18-19H2,1-2H3,(H,20,22,24). The molecule has 24 heavy (non-hydrogen) atoms. The number of rotatable bonds is 3. The summed E-state index contributed by atoms with van der Waals surface area (Å²) in [4.78, 5) is 39.1. The minimum atomic E-state index is -1.18. The minimum absolute atomic E-state index is 0.171. The molecule has 0 aromatic heterocycles. The van der Waals surface area contributed by atoms with E-state index in [0.717, 1.165) is 5.56 Å². The third-order valence-electron chi connectivity index (χ3n) is 5.44. The molecule has 3 amide bonds. The maximum atomic E-state index is 13.0. The van der Waals surface area contributed by atoms with Crippen molar-refractivity contribution in [1.29, 1.82) is 0 Å². The van der Waals surface area contributed by atoms with Crippen LogP contribution in [0.3, 0.4) is 0 Å². The number of hydrogen-bond acceptors (Lipinski definition) is 5. The fourth-order valence-corrected chi connectivity index (χ4v) is 3.80. The quantitative estimate of drug-likeness (QED) is 0.547. The van der Waals surface area contributed by atoms with E-state index < -0.39 is 16.9 Å². The molecule has 1 unspecified atom stereocenters. The smallest absolute Gasteiger partial charge is 0.255 e. The van der Waals surface area contributed by atoms with Gasteiger partial charge in [0.2, 0.25) is 5.91 Å². The zero-order valence-electron chi connectivity index (χ0n) is 13.9. The topological polar surface area (TPSA) is 119 Å². The molecule has 1 atom stereocenters. The summed E-state index contributed by atoms with van der Waals surface area (Å²) < 4.78 is 0. The average Bonchev–Trinajstić information content (AvgIpc) is 2.87. The third-order valence-corrected chi connectivity index (χ3v) is 5.44. The highest BCUT2D eigenvalue weighted by atomic mass is 16.2. The highest BCUT2D eigenvalue weighted by Crippen LogP contribution is 2.45. The van der Waals surface area contributed by atoms with E-state index in [2.05, 4.69) is 5.32 Å². The van der Waals surface area contributed by atoms with Gasteiger partial charge in [-0.25, -0.2) is 0 Å². The van der Waals surface area contributed by atoms with Crippen LogP contribution in [0.2, 0.25) is 0 Å². The van der Waals surface area contributed by atoms with Crippen molar-refractivity contribution in [3.63, 3.8) is 0 Å². The maximum absolute atomic E-state index is 13.0. The monoisotopic (exact) mass is 330 g/mol. The van der Waals surface area contributed by atoms with Crippen LogP contribution < -0.4 is 16.8 Å². The van der Waals surface area contributed by atoms with E-state index in [1.54, 1.807) is 23.1 Å². The van der Waals surface area contributed by atoms with Gasteiger partial charge in [-0.2, -0.15) is 0 Å². The molecule has 2 heterocycles. The number of nitrogens with two attached hydrogens (primary N) is 2. The lowest BCUT2D eigenvalue weighted by molar-refractivity contribution is -0.150. The van der Waals surface area contributed by atoms with Crippen LogP contribution in [0.25, 0.3) is 0 Å². The van der Waals surface area contributed by atoms with Gasteiger partial charge in [0.15, 0.2) is 0 Å². The zero-order chi connectivity index (χ0) is 17.7. The van der Waals surface area contributed by atoms with Crippen molar-refractivity contribution in [1.82, 2.24) is 10.2 Å². The molecule has 1 saturated heterocycles. The number of anilines is 1. The Morgan fingerprint density at radius 2 is 2.00 bits per heavy atom. The Bertz CT molecular complexity index is 743. The summed E-state index contributed by atoms with van der Waals surface area (Å²) in [5.41, 5.74) is 11.8. The number of amides is 3. The molecule has 2 aliphatic heterocycles. The predicted molar refractivity (Wildman–Crippen MR) is 88.7 cm³/mol. The number of nitrogens with one attached hydrogen (secondary N) is 1. The highest BCUT2D eigenvalue weighted by Gasteiger charge is 2.59. The van der Waals surface area contributed by atoms with E-state index in [0.29, 0.717) is 11.3 Å². The largest absolute Gasteiger partial charge is 0.398 e. The van der Waals surface area contributed by atoms with Crippen LogP contribution in [0.1, 0.15) is 42.6 Å². The van der Waals surface area contributed by atoms with Gasteiger partial charge in [0, 0.05) is 41.7 Å². The summed E-state index contributed by atoms with van der Waals surface area (Å²) >= 11 is 0. The highest BCUT2D eigenvalue weighted by molar-refractivity contribution is 6.08. The molecule has 0 spiro atoms. The molecular formula is C17H22N4O3. The van der Waals surface area contributed by atoms with E-state index in [1.807, 2.05) is 13.8 Å². The summed E-state index contributed by atoms with van der Waals surface area (Å²) in [6.45, 7) is 4.14. The SMILES string of the molecule is CC(C)(CN)C1(N2Cc3c(N)cccc3C2=O)CCC(=O)NC1=O.